The molecule has 1 aromatic heterocycles. The van der Waals surface area contributed by atoms with Crippen LogP contribution in [0.25, 0.3) is 21.7 Å². The second-order valence-electron chi connectivity index (χ2n) is 12.0. The molecule has 7 aromatic rings. The van der Waals surface area contributed by atoms with Gasteiger partial charge in [-0.05, 0) is 84.1 Å². The maximum atomic E-state index is 14.2. The van der Waals surface area contributed by atoms with Crippen LogP contribution in [0.1, 0.15) is 16.7 Å². The van der Waals surface area contributed by atoms with E-state index in [1.807, 2.05) is 61.5 Å². The van der Waals surface area contributed by atoms with Crippen LogP contribution < -0.4 is 4.74 Å². The molecule has 0 amide bonds. The van der Waals surface area contributed by atoms with Gasteiger partial charge in [-0.2, -0.15) is 13.5 Å². The number of halogens is 3. The lowest BCUT2D eigenvalue weighted by Gasteiger charge is -2.09. The first-order chi connectivity index (χ1) is 25.4. The van der Waals surface area contributed by atoms with Crippen LogP contribution in [0.4, 0.5) is 0 Å². The molecule has 0 saturated carbocycles. The third-order valence-corrected chi connectivity index (χ3v) is 12.3. The number of fused-ring (bicyclic) bond motifs is 2. The molecular formula is C40H33BrCl2N2O6S2. The second kappa shape index (κ2) is 16.8. The van der Waals surface area contributed by atoms with E-state index in [2.05, 4.69) is 21.0 Å². The van der Waals surface area contributed by atoms with Crippen molar-refractivity contribution in [3.05, 3.63) is 160 Å². The van der Waals surface area contributed by atoms with Crippen molar-refractivity contribution in [3.63, 3.8) is 0 Å². The fourth-order valence-corrected chi connectivity index (χ4v) is 8.84. The zero-order chi connectivity index (χ0) is 37.6. The first-order valence-electron chi connectivity index (χ1n) is 16.3. The summed E-state index contributed by atoms with van der Waals surface area (Å²) in [6, 6.07) is 38.8. The van der Waals surface area contributed by atoms with Crippen LogP contribution in [0, 0.1) is 6.92 Å². The summed E-state index contributed by atoms with van der Waals surface area (Å²) in [6.07, 6.45) is 0. The Bertz CT molecular complexity index is 2610. The molecule has 0 radical (unpaired) electrons. The molecule has 1 heterocycles. The number of aromatic nitrogens is 2. The Labute approximate surface area is 327 Å². The first-order valence-corrected chi connectivity index (χ1v) is 21.1. The predicted octanol–water partition coefficient (Wildman–Crippen LogP) is 10.1. The van der Waals surface area contributed by atoms with E-state index in [0.717, 1.165) is 26.9 Å². The Morgan fingerprint density at radius 3 is 2.06 bits per heavy atom. The van der Waals surface area contributed by atoms with Gasteiger partial charge in [0.25, 0.3) is 10.1 Å². The van der Waals surface area contributed by atoms with Crippen LogP contribution in [0.15, 0.2) is 148 Å². The minimum absolute atomic E-state index is 0.0555. The quantitative estimate of drug-likeness (QED) is 0.0725. The van der Waals surface area contributed by atoms with Crippen molar-refractivity contribution < 1.29 is 25.8 Å². The number of sulfone groups is 1. The number of benzene rings is 6. The molecule has 0 unspecified atom stereocenters. The lowest BCUT2D eigenvalue weighted by atomic mass is 10.1. The predicted molar refractivity (Wildman–Crippen MR) is 214 cm³/mol. The van der Waals surface area contributed by atoms with Gasteiger partial charge in [-0.1, -0.05) is 117 Å². The van der Waals surface area contributed by atoms with E-state index < -0.39 is 20.0 Å². The molecule has 0 bridgehead atoms. The lowest BCUT2D eigenvalue weighted by molar-refractivity contribution is 0.221. The van der Waals surface area contributed by atoms with Crippen molar-refractivity contribution in [2.75, 3.05) is 13.2 Å². The molecule has 0 fully saturated rings. The smallest absolute Gasteiger partial charge is 0.297 e. The first kappa shape index (κ1) is 38.5. The van der Waals surface area contributed by atoms with E-state index in [1.54, 1.807) is 71.4 Å². The van der Waals surface area contributed by atoms with Gasteiger partial charge in [-0.3, -0.25) is 8.86 Å². The highest BCUT2D eigenvalue weighted by atomic mass is 79.9. The van der Waals surface area contributed by atoms with Crippen LogP contribution in [0.2, 0.25) is 10.0 Å². The van der Waals surface area contributed by atoms with Gasteiger partial charge in [-0.25, -0.2) is 8.42 Å². The number of hydrogen-bond acceptors (Lipinski definition) is 7. The largest absolute Gasteiger partial charge is 0.491 e. The fraction of sp³-hybridized carbons (Fsp3) is 0.125. The summed E-state index contributed by atoms with van der Waals surface area (Å²) in [7, 11) is -8.04. The highest BCUT2D eigenvalue weighted by molar-refractivity contribution is 9.08. The minimum atomic E-state index is -4.08. The standard InChI is InChI=1S/C33H27ClN2O6S2.C7H6BrCl/c1-23-12-15-28(16-13-23)44(39,40)42-19-18-41-27-14-17-31-30(21-27)33(35-36(31)22-24-6-4-9-26(34)20-24)43(37,38)32-11-5-8-25-7-2-3-10-29(25)32;8-5-6-2-1-3-7(9)4-6/h2-17,20-21H,18-19,22H2,1H3;1-4H,5H2. The van der Waals surface area contributed by atoms with Crippen LogP contribution in [0.3, 0.4) is 0 Å². The summed E-state index contributed by atoms with van der Waals surface area (Å²) < 4.78 is 66.0. The molecule has 6 aromatic carbocycles. The summed E-state index contributed by atoms with van der Waals surface area (Å²) in [5.74, 6) is 0.338. The molecule has 8 nitrogen and oxygen atoms in total. The number of ether oxygens (including phenoxy) is 1. The van der Waals surface area contributed by atoms with Crippen LogP contribution in [-0.4, -0.2) is 39.8 Å². The fourth-order valence-electron chi connectivity index (χ4n) is 5.58. The minimum Gasteiger partial charge on any atom is -0.491 e. The second-order valence-corrected chi connectivity index (χ2v) is 16.8. The molecule has 0 saturated heterocycles. The van der Waals surface area contributed by atoms with E-state index in [-0.39, 0.29) is 34.6 Å². The van der Waals surface area contributed by atoms with Gasteiger partial charge in [-0.15, -0.1) is 0 Å². The van der Waals surface area contributed by atoms with Gasteiger partial charge in [0.2, 0.25) is 9.84 Å². The van der Waals surface area contributed by atoms with Crippen molar-refractivity contribution in [1.82, 2.24) is 9.78 Å². The number of hydrogen-bond donors (Lipinski definition) is 0. The Morgan fingerprint density at radius 1 is 0.698 bits per heavy atom. The van der Waals surface area contributed by atoms with Crippen molar-refractivity contribution >= 4 is 80.8 Å². The lowest BCUT2D eigenvalue weighted by Crippen LogP contribution is -2.13. The Balaban J connectivity index is 0.000000468. The maximum absolute atomic E-state index is 14.2. The van der Waals surface area contributed by atoms with Gasteiger partial charge >= 0.3 is 0 Å². The molecular weight excluding hydrogens is 819 g/mol. The van der Waals surface area contributed by atoms with Crippen LogP contribution in [0.5, 0.6) is 5.75 Å². The van der Waals surface area contributed by atoms with E-state index in [1.165, 1.54) is 17.7 Å². The van der Waals surface area contributed by atoms with Gasteiger partial charge in [0.15, 0.2) is 5.03 Å². The number of alkyl halides is 1. The third-order valence-electron chi connectivity index (χ3n) is 8.15. The highest BCUT2D eigenvalue weighted by Gasteiger charge is 2.28. The molecule has 0 spiro atoms. The molecule has 272 valence electrons. The molecule has 13 heteroatoms. The Morgan fingerprint density at radius 2 is 1.36 bits per heavy atom. The average Bonchev–Trinajstić information content (AvgIpc) is 3.51. The summed E-state index contributed by atoms with van der Waals surface area (Å²) in [6.45, 7) is 1.83. The van der Waals surface area contributed by atoms with Crippen molar-refractivity contribution in [3.8, 4) is 5.75 Å². The van der Waals surface area contributed by atoms with Crippen molar-refractivity contribution in [2.45, 2.75) is 33.6 Å². The van der Waals surface area contributed by atoms with Crippen LogP contribution >= 0.6 is 39.1 Å². The monoisotopic (exact) mass is 850 g/mol. The van der Waals surface area contributed by atoms with E-state index >= 15 is 0 Å². The normalized spacial score (nSPS) is 11.7. The van der Waals surface area contributed by atoms with E-state index in [4.69, 9.17) is 32.1 Å². The van der Waals surface area contributed by atoms with Gasteiger partial charge < -0.3 is 4.74 Å². The Kier molecular flexibility index (Phi) is 12.2. The third kappa shape index (κ3) is 9.29. The number of nitrogens with zero attached hydrogens (tertiary/aromatic N) is 2. The SMILES string of the molecule is Cc1ccc(S(=O)(=O)OCCOc2ccc3c(c2)c(S(=O)(=O)c2cccc4ccccc24)nn3Cc2cccc(Cl)c2)cc1.Clc1cccc(CBr)c1. The summed E-state index contributed by atoms with van der Waals surface area (Å²) in [5, 5.41) is 8.46. The summed E-state index contributed by atoms with van der Waals surface area (Å²) >= 11 is 15.2. The average molecular weight is 853 g/mol. The van der Waals surface area contributed by atoms with E-state index in [0.29, 0.717) is 27.1 Å². The van der Waals surface area contributed by atoms with Gasteiger partial charge in [0.05, 0.1) is 21.9 Å². The highest BCUT2D eigenvalue weighted by Crippen LogP contribution is 2.34. The van der Waals surface area contributed by atoms with Gasteiger partial charge in [0, 0.05) is 26.1 Å². The van der Waals surface area contributed by atoms with Crippen molar-refractivity contribution in [2.24, 2.45) is 0 Å². The molecule has 0 aliphatic carbocycles. The molecule has 0 aliphatic heterocycles. The number of aryl methyl sites for hydroxylation is 1. The summed E-state index contributed by atoms with van der Waals surface area (Å²) in [4.78, 5) is 0.200. The zero-order valence-electron chi connectivity index (χ0n) is 28.3. The molecule has 7 rings (SSSR count). The maximum Gasteiger partial charge on any atom is 0.297 e. The summed E-state index contributed by atoms with van der Waals surface area (Å²) in [5.41, 5.74) is 3.57. The van der Waals surface area contributed by atoms with Crippen molar-refractivity contribution in [1.29, 1.82) is 0 Å². The molecule has 0 N–H and O–H groups in total. The molecule has 53 heavy (non-hydrogen) atoms. The van der Waals surface area contributed by atoms with Crippen LogP contribution in [-0.2, 0) is 36.0 Å². The molecule has 0 aliphatic rings. The van der Waals surface area contributed by atoms with Gasteiger partial charge in [0.1, 0.15) is 19.0 Å². The zero-order valence-corrected chi connectivity index (χ0v) is 33.1. The topological polar surface area (TPSA) is 105 Å². The molecule has 0 atom stereocenters. The Hall–Kier alpha value is -4.23. The number of rotatable bonds is 11. The van der Waals surface area contributed by atoms with E-state index in [9.17, 15) is 16.8 Å².